The number of hydrogen-bond donors (Lipinski definition) is 1. The lowest BCUT2D eigenvalue weighted by Gasteiger charge is -2.14. The molecule has 1 heterocycles. The van der Waals surface area contributed by atoms with E-state index in [1.54, 1.807) is 7.11 Å². The molecule has 0 saturated carbocycles. The van der Waals surface area contributed by atoms with Crippen molar-refractivity contribution in [1.82, 2.24) is 4.98 Å². The molecule has 1 aromatic carbocycles. The van der Waals surface area contributed by atoms with E-state index in [0.29, 0.717) is 10.9 Å². The van der Waals surface area contributed by atoms with Gasteiger partial charge in [0.15, 0.2) is 0 Å². The van der Waals surface area contributed by atoms with Crippen molar-refractivity contribution in [1.29, 1.82) is 0 Å². The van der Waals surface area contributed by atoms with Crippen molar-refractivity contribution in [3.8, 4) is 5.75 Å². The van der Waals surface area contributed by atoms with Gasteiger partial charge in [-0.05, 0) is 30.5 Å². The molecule has 102 valence electrons. The first-order chi connectivity index (χ1) is 9.06. The van der Waals surface area contributed by atoms with Crippen LogP contribution in [0, 0.1) is 5.92 Å². The van der Waals surface area contributed by atoms with Crippen molar-refractivity contribution >= 4 is 28.2 Å². The van der Waals surface area contributed by atoms with Gasteiger partial charge in [-0.3, -0.25) is 4.98 Å². The molecule has 0 fully saturated rings. The summed E-state index contributed by atoms with van der Waals surface area (Å²) in [7, 11) is 3.55. The summed E-state index contributed by atoms with van der Waals surface area (Å²) in [5.74, 6) is 1.34. The van der Waals surface area contributed by atoms with E-state index in [1.807, 2.05) is 19.2 Å². The van der Waals surface area contributed by atoms with E-state index in [4.69, 9.17) is 16.3 Å². The maximum Gasteiger partial charge on any atom is 0.130 e. The maximum atomic E-state index is 6.28. The fraction of sp³-hybridized carbons (Fsp3) is 0.400. The predicted octanol–water partition coefficient (Wildman–Crippen LogP) is 4.14. The van der Waals surface area contributed by atoms with E-state index in [-0.39, 0.29) is 0 Å². The number of ether oxygens (including phenoxy) is 1. The van der Waals surface area contributed by atoms with Crippen LogP contribution in [0.15, 0.2) is 18.2 Å². The average molecular weight is 279 g/mol. The number of benzene rings is 1. The number of aromatic nitrogens is 1. The van der Waals surface area contributed by atoms with Gasteiger partial charge in [-0.2, -0.15) is 0 Å². The van der Waals surface area contributed by atoms with Gasteiger partial charge in [-0.25, -0.2) is 0 Å². The van der Waals surface area contributed by atoms with Crippen molar-refractivity contribution in [2.24, 2.45) is 5.92 Å². The molecule has 2 rings (SSSR count). The first kappa shape index (κ1) is 13.9. The normalized spacial score (nSPS) is 11.1. The maximum absolute atomic E-state index is 6.28. The second-order valence-corrected chi connectivity index (χ2v) is 5.39. The van der Waals surface area contributed by atoms with Gasteiger partial charge in [-0.15, -0.1) is 0 Å². The Morgan fingerprint density at radius 3 is 2.68 bits per heavy atom. The number of nitrogens with zero attached hydrogens (tertiary/aromatic N) is 1. The Morgan fingerprint density at radius 2 is 2.11 bits per heavy atom. The number of rotatable bonds is 4. The highest BCUT2D eigenvalue weighted by Gasteiger charge is 2.13. The number of methoxy groups -OCH3 is 1. The predicted molar refractivity (Wildman–Crippen MR) is 81.4 cm³/mol. The Bertz CT molecular complexity index is 596. The summed E-state index contributed by atoms with van der Waals surface area (Å²) in [4.78, 5) is 4.68. The highest BCUT2D eigenvalue weighted by atomic mass is 35.5. The van der Waals surface area contributed by atoms with Crippen molar-refractivity contribution in [2.45, 2.75) is 20.3 Å². The van der Waals surface area contributed by atoms with Crippen LogP contribution < -0.4 is 10.1 Å². The van der Waals surface area contributed by atoms with Crippen LogP contribution in [-0.4, -0.2) is 19.1 Å². The molecule has 1 N–H and O–H groups in total. The minimum Gasteiger partial charge on any atom is -0.496 e. The molecule has 4 heteroatoms. The Labute approximate surface area is 118 Å². The van der Waals surface area contributed by atoms with Gasteiger partial charge in [0.25, 0.3) is 0 Å². The Morgan fingerprint density at radius 1 is 1.37 bits per heavy atom. The van der Waals surface area contributed by atoms with E-state index in [9.17, 15) is 0 Å². The van der Waals surface area contributed by atoms with Crippen LogP contribution in [0.1, 0.15) is 19.5 Å². The monoisotopic (exact) mass is 278 g/mol. The standard InChI is InChI=1S/C15H19ClN2O/c1-9(2)7-10-8-12(17-3)14-13(19-4)6-5-11(16)15(14)18-10/h5-6,8-9H,7H2,1-4H3,(H,17,18). The summed E-state index contributed by atoms with van der Waals surface area (Å²) in [5, 5.41) is 4.79. The molecular formula is C15H19ClN2O. The Hall–Kier alpha value is -1.48. The lowest BCUT2D eigenvalue weighted by atomic mass is 10.0. The van der Waals surface area contributed by atoms with Gasteiger partial charge in [0.2, 0.25) is 0 Å². The van der Waals surface area contributed by atoms with Gasteiger partial charge in [-0.1, -0.05) is 25.4 Å². The topological polar surface area (TPSA) is 34.2 Å². The number of pyridine rings is 1. The van der Waals surface area contributed by atoms with Gasteiger partial charge in [0, 0.05) is 18.4 Å². The number of halogens is 1. The van der Waals surface area contributed by atoms with Gasteiger partial charge in [0.1, 0.15) is 5.75 Å². The van der Waals surface area contributed by atoms with Crippen LogP contribution in [0.3, 0.4) is 0 Å². The van der Waals surface area contributed by atoms with E-state index in [2.05, 4.69) is 30.2 Å². The number of fused-ring (bicyclic) bond motifs is 1. The van der Waals surface area contributed by atoms with Gasteiger partial charge >= 0.3 is 0 Å². The van der Waals surface area contributed by atoms with Crippen LogP contribution in [0.4, 0.5) is 5.69 Å². The summed E-state index contributed by atoms with van der Waals surface area (Å²) in [6.07, 6.45) is 0.929. The molecule has 0 unspecified atom stereocenters. The lowest BCUT2D eigenvalue weighted by Crippen LogP contribution is -2.01. The number of anilines is 1. The summed E-state index contributed by atoms with van der Waals surface area (Å²) >= 11 is 6.28. The molecule has 0 aliphatic rings. The average Bonchev–Trinajstić information content (AvgIpc) is 2.38. The zero-order valence-corrected chi connectivity index (χ0v) is 12.5. The van der Waals surface area contributed by atoms with E-state index < -0.39 is 0 Å². The van der Waals surface area contributed by atoms with Crippen molar-refractivity contribution in [2.75, 3.05) is 19.5 Å². The van der Waals surface area contributed by atoms with Crippen LogP contribution in [0.25, 0.3) is 10.9 Å². The van der Waals surface area contributed by atoms with E-state index in [0.717, 1.165) is 34.5 Å². The molecule has 0 aliphatic heterocycles. The molecule has 1 aromatic heterocycles. The van der Waals surface area contributed by atoms with Crippen molar-refractivity contribution in [3.63, 3.8) is 0 Å². The van der Waals surface area contributed by atoms with E-state index >= 15 is 0 Å². The smallest absolute Gasteiger partial charge is 0.130 e. The molecule has 0 atom stereocenters. The van der Waals surface area contributed by atoms with Crippen LogP contribution in [0.5, 0.6) is 5.75 Å². The Balaban J connectivity index is 2.72. The van der Waals surface area contributed by atoms with Crippen molar-refractivity contribution in [3.05, 3.63) is 28.9 Å². The lowest BCUT2D eigenvalue weighted by molar-refractivity contribution is 0.420. The summed E-state index contributed by atoms with van der Waals surface area (Å²) in [6.45, 7) is 4.36. The molecule has 3 nitrogen and oxygen atoms in total. The molecular weight excluding hydrogens is 260 g/mol. The van der Waals surface area contributed by atoms with Crippen LogP contribution in [-0.2, 0) is 6.42 Å². The molecule has 0 spiro atoms. The summed E-state index contributed by atoms with van der Waals surface area (Å²) < 4.78 is 5.41. The summed E-state index contributed by atoms with van der Waals surface area (Å²) in [6, 6.07) is 5.77. The SMILES string of the molecule is CNc1cc(CC(C)C)nc2c(Cl)ccc(OC)c12. The fourth-order valence-electron chi connectivity index (χ4n) is 2.22. The molecule has 0 bridgehead atoms. The number of hydrogen-bond acceptors (Lipinski definition) is 3. The molecule has 0 saturated heterocycles. The van der Waals surface area contributed by atoms with Crippen LogP contribution >= 0.6 is 11.6 Å². The van der Waals surface area contributed by atoms with E-state index in [1.165, 1.54) is 0 Å². The van der Waals surface area contributed by atoms with Crippen molar-refractivity contribution < 1.29 is 4.74 Å². The van der Waals surface area contributed by atoms with Gasteiger partial charge in [0.05, 0.1) is 23.0 Å². The minimum absolute atomic E-state index is 0.555. The second kappa shape index (κ2) is 5.66. The second-order valence-electron chi connectivity index (χ2n) is 4.98. The Kier molecular flexibility index (Phi) is 4.15. The van der Waals surface area contributed by atoms with Crippen LogP contribution in [0.2, 0.25) is 5.02 Å². The fourth-order valence-corrected chi connectivity index (χ4v) is 2.42. The first-order valence-corrected chi connectivity index (χ1v) is 6.78. The third-order valence-electron chi connectivity index (χ3n) is 3.03. The first-order valence-electron chi connectivity index (χ1n) is 6.40. The summed E-state index contributed by atoms with van der Waals surface area (Å²) in [5.41, 5.74) is 2.84. The quantitative estimate of drug-likeness (QED) is 0.913. The minimum atomic E-state index is 0.555. The molecule has 0 aliphatic carbocycles. The molecule has 0 radical (unpaired) electrons. The molecule has 0 amide bonds. The highest BCUT2D eigenvalue weighted by Crippen LogP contribution is 2.36. The zero-order valence-electron chi connectivity index (χ0n) is 11.7. The third-order valence-corrected chi connectivity index (χ3v) is 3.34. The number of nitrogens with one attached hydrogen (secondary N) is 1. The molecule has 19 heavy (non-hydrogen) atoms. The molecule has 2 aromatic rings. The largest absolute Gasteiger partial charge is 0.496 e. The highest BCUT2D eigenvalue weighted by molar-refractivity contribution is 6.35. The zero-order chi connectivity index (χ0) is 14.0. The third kappa shape index (κ3) is 2.76. The van der Waals surface area contributed by atoms with Gasteiger partial charge < -0.3 is 10.1 Å².